The molecule has 6 nitrogen and oxygen atoms in total. The molecule has 0 aliphatic heterocycles. The summed E-state index contributed by atoms with van der Waals surface area (Å²) in [5.74, 6) is -0.458. The normalized spacial score (nSPS) is 13.7. The van der Waals surface area contributed by atoms with Crippen LogP contribution >= 0.6 is 0 Å². The largest absolute Gasteiger partial charge is 0.404 e. The number of H-pyrrole nitrogens is 1. The van der Waals surface area contributed by atoms with Gasteiger partial charge in [-0.3, -0.25) is 4.68 Å². The van der Waals surface area contributed by atoms with Crippen LogP contribution in [0.2, 0.25) is 0 Å². The van der Waals surface area contributed by atoms with Gasteiger partial charge in [0.1, 0.15) is 5.65 Å². The summed E-state index contributed by atoms with van der Waals surface area (Å²) >= 11 is 0. The third kappa shape index (κ3) is 3.25. The molecule has 0 fully saturated rings. The molecule has 7 heteroatoms. The lowest BCUT2D eigenvalue weighted by Gasteiger charge is -2.06. The zero-order valence-electron chi connectivity index (χ0n) is 15.5. The van der Waals surface area contributed by atoms with Crippen LogP contribution in [0.15, 0.2) is 67.2 Å². The third-order valence-electron chi connectivity index (χ3n) is 4.37. The van der Waals surface area contributed by atoms with Gasteiger partial charge < -0.3 is 16.5 Å². The second kappa shape index (κ2) is 7.79. The van der Waals surface area contributed by atoms with Crippen molar-refractivity contribution in [2.75, 3.05) is 0 Å². The van der Waals surface area contributed by atoms with Crippen molar-refractivity contribution >= 4 is 23.3 Å². The standard InChI is InChI=1S/C21H21FN6/c1-4-5-6-14(10-23)13(2)9-15-17(11-24)27-21-19(15)20(16(22)12-25-21)18-7-8-26-28(18)3/h4-12H,1-2,23-24H2,3H3,(H,25,27)/b6-5-,14-10+,15-9+,17-11+. The Bertz CT molecular complexity index is 1240. The van der Waals surface area contributed by atoms with Crippen LogP contribution in [-0.2, 0) is 7.05 Å². The van der Waals surface area contributed by atoms with E-state index in [1.54, 1.807) is 48.3 Å². The van der Waals surface area contributed by atoms with Crippen LogP contribution in [0.3, 0.4) is 0 Å². The molecule has 0 aliphatic carbocycles. The number of rotatable bonds is 5. The van der Waals surface area contributed by atoms with Gasteiger partial charge in [-0.2, -0.15) is 5.10 Å². The number of halogens is 1. The molecule has 0 aromatic carbocycles. The number of fused-ring (bicyclic) bond motifs is 1. The molecule has 142 valence electrons. The molecule has 0 bridgehead atoms. The maximum absolute atomic E-state index is 14.8. The van der Waals surface area contributed by atoms with Gasteiger partial charge in [-0.15, -0.1) is 0 Å². The van der Waals surface area contributed by atoms with E-state index in [9.17, 15) is 4.39 Å². The highest BCUT2D eigenvalue weighted by Gasteiger charge is 2.17. The molecule has 28 heavy (non-hydrogen) atoms. The number of nitrogens with zero attached hydrogens (tertiary/aromatic N) is 3. The maximum atomic E-state index is 14.8. The fourth-order valence-electron chi connectivity index (χ4n) is 3.02. The molecule has 3 rings (SSSR count). The number of nitrogens with one attached hydrogen (secondary N) is 1. The van der Waals surface area contributed by atoms with Gasteiger partial charge in [0.2, 0.25) is 0 Å². The number of aromatic amines is 1. The fourth-order valence-corrected chi connectivity index (χ4v) is 3.02. The van der Waals surface area contributed by atoms with Crippen LogP contribution in [0.1, 0.15) is 0 Å². The van der Waals surface area contributed by atoms with Crippen molar-refractivity contribution in [3.8, 4) is 11.3 Å². The van der Waals surface area contributed by atoms with E-state index in [4.69, 9.17) is 11.5 Å². The summed E-state index contributed by atoms with van der Waals surface area (Å²) in [7, 11) is 1.75. The SMILES string of the molecule is C=C/C=C\C(=C/N)C(=C)/C=c1\c(=C/N)[nH]c2ncc(F)c(-c3ccnn3C)c12. The molecule has 3 aromatic rings. The molecule has 0 unspecified atom stereocenters. The first-order valence-electron chi connectivity index (χ1n) is 8.50. The monoisotopic (exact) mass is 376 g/mol. The van der Waals surface area contributed by atoms with E-state index >= 15 is 0 Å². The van der Waals surface area contributed by atoms with E-state index < -0.39 is 5.82 Å². The minimum atomic E-state index is -0.458. The molecule has 0 spiro atoms. The first-order valence-corrected chi connectivity index (χ1v) is 8.50. The molecule has 0 saturated heterocycles. The summed E-state index contributed by atoms with van der Waals surface area (Å²) in [6.45, 7) is 7.73. The van der Waals surface area contributed by atoms with Crippen molar-refractivity contribution in [2.45, 2.75) is 0 Å². The van der Waals surface area contributed by atoms with Gasteiger partial charge in [0.05, 0.1) is 17.2 Å². The van der Waals surface area contributed by atoms with E-state index in [0.717, 1.165) is 0 Å². The number of nitrogens with two attached hydrogens (primary N) is 2. The quantitative estimate of drug-likeness (QED) is 0.591. The van der Waals surface area contributed by atoms with Crippen molar-refractivity contribution in [3.05, 3.63) is 83.6 Å². The van der Waals surface area contributed by atoms with Gasteiger partial charge in [-0.1, -0.05) is 31.4 Å². The van der Waals surface area contributed by atoms with E-state index in [0.29, 0.717) is 44.0 Å². The molecule has 0 saturated carbocycles. The highest BCUT2D eigenvalue weighted by molar-refractivity contribution is 5.94. The van der Waals surface area contributed by atoms with E-state index in [1.165, 1.54) is 18.6 Å². The topological polar surface area (TPSA) is 98.5 Å². The molecule has 0 amide bonds. The van der Waals surface area contributed by atoms with Crippen molar-refractivity contribution in [2.24, 2.45) is 18.5 Å². The molecule has 3 aromatic heterocycles. The van der Waals surface area contributed by atoms with E-state index in [2.05, 4.69) is 28.2 Å². The van der Waals surface area contributed by atoms with Crippen LogP contribution in [0.5, 0.6) is 0 Å². The first kappa shape index (κ1) is 18.9. The summed E-state index contributed by atoms with van der Waals surface area (Å²) in [5.41, 5.74) is 14.4. The van der Waals surface area contributed by atoms with Crippen LogP contribution in [0.25, 0.3) is 34.6 Å². The van der Waals surface area contributed by atoms with E-state index in [1.807, 2.05) is 0 Å². The molecule has 3 heterocycles. The molecule has 0 atom stereocenters. The van der Waals surface area contributed by atoms with Crippen molar-refractivity contribution in [1.29, 1.82) is 0 Å². The van der Waals surface area contributed by atoms with Crippen LogP contribution in [0, 0.1) is 5.82 Å². The van der Waals surface area contributed by atoms with Crippen molar-refractivity contribution in [1.82, 2.24) is 19.7 Å². The Labute approximate surface area is 161 Å². The van der Waals surface area contributed by atoms with Crippen molar-refractivity contribution < 1.29 is 4.39 Å². The van der Waals surface area contributed by atoms with Gasteiger partial charge >= 0.3 is 0 Å². The Morgan fingerprint density at radius 2 is 2.14 bits per heavy atom. The first-order chi connectivity index (χ1) is 13.5. The lowest BCUT2D eigenvalue weighted by atomic mass is 10.0. The Morgan fingerprint density at radius 1 is 1.36 bits per heavy atom. The minimum Gasteiger partial charge on any atom is -0.404 e. The van der Waals surface area contributed by atoms with Gasteiger partial charge in [-0.05, 0) is 23.3 Å². The molecule has 5 N–H and O–H groups in total. The average Bonchev–Trinajstić information content (AvgIpc) is 3.26. The maximum Gasteiger partial charge on any atom is 0.151 e. The predicted molar refractivity (Wildman–Crippen MR) is 111 cm³/mol. The second-order valence-corrected chi connectivity index (χ2v) is 6.05. The summed E-state index contributed by atoms with van der Waals surface area (Å²) in [6.07, 6.45) is 12.6. The number of aromatic nitrogens is 4. The Morgan fingerprint density at radius 3 is 2.75 bits per heavy atom. The minimum absolute atomic E-state index is 0.383. The number of hydrogen-bond donors (Lipinski definition) is 3. The molecular formula is C21H21FN6. The van der Waals surface area contributed by atoms with Crippen molar-refractivity contribution in [3.63, 3.8) is 0 Å². The van der Waals surface area contributed by atoms with E-state index in [-0.39, 0.29) is 0 Å². The van der Waals surface area contributed by atoms with Gasteiger partial charge in [0.25, 0.3) is 0 Å². The lowest BCUT2D eigenvalue weighted by molar-refractivity contribution is 0.624. The van der Waals surface area contributed by atoms with Crippen LogP contribution in [-0.4, -0.2) is 19.7 Å². The number of hydrogen-bond acceptors (Lipinski definition) is 4. The molecule has 0 aliphatic rings. The van der Waals surface area contributed by atoms with Gasteiger partial charge in [0.15, 0.2) is 5.82 Å². The highest BCUT2D eigenvalue weighted by atomic mass is 19.1. The Kier molecular flexibility index (Phi) is 5.26. The Hall–Kier alpha value is -3.87. The summed E-state index contributed by atoms with van der Waals surface area (Å²) in [5, 5.41) is 6.00. The second-order valence-electron chi connectivity index (χ2n) is 6.05. The predicted octanol–water partition coefficient (Wildman–Crippen LogP) is 1.72. The van der Waals surface area contributed by atoms with Crippen LogP contribution < -0.4 is 22.0 Å². The average molecular weight is 376 g/mol. The smallest absolute Gasteiger partial charge is 0.151 e. The zero-order valence-corrected chi connectivity index (χ0v) is 15.5. The Balaban J connectivity index is 2.39. The van der Waals surface area contributed by atoms with Crippen LogP contribution in [0.4, 0.5) is 4.39 Å². The van der Waals surface area contributed by atoms with Gasteiger partial charge in [-0.25, -0.2) is 9.37 Å². The van der Waals surface area contributed by atoms with Gasteiger partial charge in [0, 0.05) is 41.8 Å². The summed E-state index contributed by atoms with van der Waals surface area (Å²) in [6, 6.07) is 1.74. The summed E-state index contributed by atoms with van der Waals surface area (Å²) < 4.78 is 16.4. The zero-order chi connectivity index (χ0) is 20.3. The third-order valence-corrected chi connectivity index (χ3v) is 4.37. The molecule has 0 radical (unpaired) electrons. The number of pyridine rings is 1. The molecular weight excluding hydrogens is 355 g/mol. The fraction of sp³-hybridized carbons (Fsp3) is 0.0476. The lowest BCUT2D eigenvalue weighted by Crippen LogP contribution is -2.25. The number of allylic oxidation sites excluding steroid dienone is 5. The summed E-state index contributed by atoms with van der Waals surface area (Å²) in [4.78, 5) is 7.30. The number of aryl methyl sites for hydroxylation is 1. The highest BCUT2D eigenvalue weighted by Crippen LogP contribution is 2.27.